The van der Waals surface area contributed by atoms with Crippen molar-refractivity contribution in [3.05, 3.63) is 48.5 Å². The van der Waals surface area contributed by atoms with Crippen LogP contribution in [0.25, 0.3) is 0 Å². The van der Waals surface area contributed by atoms with Gasteiger partial charge in [0.15, 0.2) is 0 Å². The lowest BCUT2D eigenvalue weighted by molar-refractivity contribution is 0.651. The predicted octanol–water partition coefficient (Wildman–Crippen LogP) is 5.52. The summed E-state index contributed by atoms with van der Waals surface area (Å²) < 4.78 is 12.8. The quantitative estimate of drug-likeness (QED) is 0.649. The van der Waals surface area contributed by atoms with Crippen molar-refractivity contribution >= 4 is 0 Å². The molecule has 0 fully saturated rings. The van der Waals surface area contributed by atoms with Gasteiger partial charge in [0.1, 0.15) is 5.83 Å². The van der Waals surface area contributed by atoms with E-state index in [1.807, 2.05) is 41.5 Å². The topological polar surface area (TPSA) is 26.0 Å². The summed E-state index contributed by atoms with van der Waals surface area (Å²) in [5.74, 6) is -0.377. The zero-order valence-corrected chi connectivity index (χ0v) is 12.6. The van der Waals surface area contributed by atoms with Gasteiger partial charge in [0, 0.05) is 11.3 Å². The van der Waals surface area contributed by atoms with E-state index in [1.165, 1.54) is 18.2 Å². The Morgan fingerprint density at radius 2 is 1.41 bits per heavy atom. The number of rotatable bonds is 3. The molecule has 17 heavy (non-hydrogen) atoms. The molecule has 0 unspecified atom stereocenters. The largest absolute Gasteiger partial charge is 0.399 e. The number of hydrogen-bond donors (Lipinski definition) is 1. The monoisotopic (exact) mass is 243 g/mol. The molecule has 0 spiro atoms. The van der Waals surface area contributed by atoms with Crippen molar-refractivity contribution in [2.24, 2.45) is 5.73 Å². The molecule has 0 aliphatic rings. The fourth-order valence-corrected chi connectivity index (χ4v) is 0.613. The van der Waals surface area contributed by atoms with E-state index < -0.39 is 0 Å². The lowest BCUT2D eigenvalue weighted by Gasteiger charge is -2.01. The van der Waals surface area contributed by atoms with Crippen LogP contribution in [-0.2, 0) is 0 Å². The Hall–Kier alpha value is -1.31. The molecule has 0 aliphatic carbocycles. The van der Waals surface area contributed by atoms with Gasteiger partial charge in [0.2, 0.25) is 0 Å². The van der Waals surface area contributed by atoms with Crippen LogP contribution in [0, 0.1) is 0 Å². The maximum Gasteiger partial charge on any atom is 0.128 e. The van der Waals surface area contributed by atoms with Crippen molar-refractivity contribution in [3.8, 4) is 0 Å². The van der Waals surface area contributed by atoms with Gasteiger partial charge in [-0.1, -0.05) is 72.9 Å². The predicted molar refractivity (Wildman–Crippen MR) is 80.5 cm³/mol. The summed E-state index contributed by atoms with van der Waals surface area (Å²) in [5.41, 5.74) is 5.81. The second kappa shape index (κ2) is 24.1. The third-order valence-corrected chi connectivity index (χ3v) is 1.14. The number of nitrogens with two attached hydrogens (primary N) is 1. The number of allylic oxidation sites excluding steroid dienone is 4. The van der Waals surface area contributed by atoms with Crippen molar-refractivity contribution in [2.45, 2.75) is 48.5 Å². The fraction of sp³-hybridized carbons (Fsp3) is 0.467. The molecule has 0 atom stereocenters. The highest BCUT2D eigenvalue weighted by atomic mass is 19.1. The van der Waals surface area contributed by atoms with Crippen LogP contribution < -0.4 is 5.73 Å². The van der Waals surface area contributed by atoms with E-state index in [4.69, 9.17) is 5.73 Å². The van der Waals surface area contributed by atoms with Gasteiger partial charge in [-0.15, -0.1) is 0 Å². The molecule has 0 aromatic carbocycles. The third-order valence-electron chi connectivity index (χ3n) is 1.14. The summed E-state index contributed by atoms with van der Waals surface area (Å²) in [6.45, 7) is 20.4. The average molecular weight is 243 g/mol. The molecular formula is C15H30FN. The molecule has 0 saturated heterocycles. The van der Waals surface area contributed by atoms with Crippen LogP contribution in [0.15, 0.2) is 48.5 Å². The molecule has 0 heterocycles. The number of halogens is 1. The Bertz CT molecular complexity index is 225. The lowest BCUT2D eigenvalue weighted by Crippen LogP contribution is -1.99. The van der Waals surface area contributed by atoms with Crippen molar-refractivity contribution in [3.63, 3.8) is 0 Å². The van der Waals surface area contributed by atoms with Gasteiger partial charge in [-0.2, -0.15) is 0 Å². The molecule has 0 radical (unpaired) electrons. The van der Waals surface area contributed by atoms with Crippen LogP contribution in [0.1, 0.15) is 48.5 Å². The Morgan fingerprint density at radius 3 is 1.59 bits per heavy atom. The van der Waals surface area contributed by atoms with E-state index in [9.17, 15) is 4.39 Å². The molecule has 0 aliphatic heterocycles. The normalized spacial score (nSPS) is 9.41. The van der Waals surface area contributed by atoms with Crippen molar-refractivity contribution in [1.29, 1.82) is 0 Å². The van der Waals surface area contributed by atoms with Gasteiger partial charge in [0.05, 0.1) is 0 Å². The van der Waals surface area contributed by atoms with Crippen LogP contribution in [0.5, 0.6) is 0 Å². The smallest absolute Gasteiger partial charge is 0.128 e. The van der Waals surface area contributed by atoms with Crippen molar-refractivity contribution in [2.75, 3.05) is 0 Å². The molecular weight excluding hydrogens is 213 g/mol. The molecule has 0 aromatic rings. The van der Waals surface area contributed by atoms with Gasteiger partial charge >= 0.3 is 0 Å². The zero-order valence-electron chi connectivity index (χ0n) is 12.6. The van der Waals surface area contributed by atoms with E-state index in [-0.39, 0.29) is 11.5 Å². The van der Waals surface area contributed by atoms with E-state index in [0.29, 0.717) is 5.57 Å². The lowest BCUT2D eigenvalue weighted by atomic mass is 10.1. The van der Waals surface area contributed by atoms with E-state index in [0.717, 1.165) is 0 Å². The van der Waals surface area contributed by atoms with Crippen LogP contribution >= 0.6 is 0 Å². The summed E-state index contributed by atoms with van der Waals surface area (Å²) in [7, 11) is 0. The molecule has 2 heteroatoms. The van der Waals surface area contributed by atoms with E-state index in [1.54, 1.807) is 6.92 Å². The first kappa shape index (κ1) is 24.8. The summed E-state index contributed by atoms with van der Waals surface area (Å²) in [5, 5.41) is 0. The van der Waals surface area contributed by atoms with Gasteiger partial charge in [-0.05, 0) is 6.92 Å². The fourth-order valence-electron chi connectivity index (χ4n) is 0.613. The van der Waals surface area contributed by atoms with Crippen LogP contribution in [0.3, 0.4) is 0 Å². The van der Waals surface area contributed by atoms with Gasteiger partial charge in [0.25, 0.3) is 0 Å². The van der Waals surface area contributed by atoms with Gasteiger partial charge in [-0.25, -0.2) is 4.39 Å². The molecule has 102 valence electrons. The maximum absolute atomic E-state index is 12.8. The summed E-state index contributed by atoms with van der Waals surface area (Å²) in [6, 6.07) is 0. The minimum atomic E-state index is -0.377. The molecule has 0 saturated carbocycles. The third kappa shape index (κ3) is 17.3. The van der Waals surface area contributed by atoms with E-state index >= 15 is 0 Å². The Kier molecular flexibility index (Phi) is 35.1. The molecule has 0 rings (SSSR count). The molecule has 1 nitrogen and oxygen atoms in total. The standard InChI is InChI=1S/C9H12FN.3C2H6/c1-4-6-8(7(3)11)9(10)5-2;3*1-2/h4-6H,1,3,11H2,2H3;3*1-2H3/b8-6-,9-5+;;;. The zero-order chi connectivity index (χ0) is 14.9. The van der Waals surface area contributed by atoms with Crippen LogP contribution in [0.2, 0.25) is 0 Å². The molecule has 0 bridgehead atoms. The summed E-state index contributed by atoms with van der Waals surface area (Å²) in [4.78, 5) is 0. The van der Waals surface area contributed by atoms with Crippen molar-refractivity contribution < 1.29 is 4.39 Å². The highest BCUT2D eigenvalue weighted by Gasteiger charge is 2.02. The van der Waals surface area contributed by atoms with E-state index in [2.05, 4.69) is 13.2 Å². The van der Waals surface area contributed by atoms with Gasteiger partial charge in [-0.3, -0.25) is 0 Å². The maximum atomic E-state index is 12.8. The second-order valence-corrected chi connectivity index (χ2v) is 1.98. The highest BCUT2D eigenvalue weighted by molar-refractivity contribution is 5.41. The first-order valence-electron chi connectivity index (χ1n) is 6.23. The van der Waals surface area contributed by atoms with Crippen LogP contribution in [-0.4, -0.2) is 0 Å². The Labute approximate surface area is 108 Å². The van der Waals surface area contributed by atoms with Gasteiger partial charge < -0.3 is 5.73 Å². The molecule has 2 N–H and O–H groups in total. The summed E-state index contributed by atoms with van der Waals surface area (Å²) in [6.07, 6.45) is 4.28. The molecule has 0 aromatic heterocycles. The molecule has 0 amide bonds. The second-order valence-electron chi connectivity index (χ2n) is 1.98. The Morgan fingerprint density at radius 1 is 1.06 bits per heavy atom. The van der Waals surface area contributed by atoms with Crippen molar-refractivity contribution in [1.82, 2.24) is 0 Å². The first-order valence-corrected chi connectivity index (χ1v) is 6.23. The SMILES string of the molecule is C=C/C=C(C(=C)N)\C(F)=C/C.CC.CC.CC. The minimum absolute atomic E-state index is 0.209. The highest BCUT2D eigenvalue weighted by Crippen LogP contribution is 2.15. The summed E-state index contributed by atoms with van der Waals surface area (Å²) >= 11 is 0. The van der Waals surface area contributed by atoms with Crippen LogP contribution in [0.4, 0.5) is 4.39 Å². The Balaban J connectivity index is -0.000000121. The average Bonchev–Trinajstić information content (AvgIpc) is 2.41. The number of hydrogen-bond acceptors (Lipinski definition) is 1. The first-order chi connectivity index (χ1) is 8.13. The minimum Gasteiger partial charge on any atom is -0.399 e.